The lowest BCUT2D eigenvalue weighted by atomic mass is 10.1. The fraction of sp³-hybridized carbons (Fsp3) is 0.412. The third kappa shape index (κ3) is 2.58. The number of aromatic nitrogens is 2. The van der Waals surface area contributed by atoms with Crippen molar-refractivity contribution in [1.82, 2.24) is 9.78 Å². The van der Waals surface area contributed by atoms with E-state index in [2.05, 4.69) is 34.3 Å². The first kappa shape index (κ1) is 13.9. The zero-order valence-electron chi connectivity index (χ0n) is 12.7. The fourth-order valence-corrected chi connectivity index (χ4v) is 3.03. The van der Waals surface area contributed by atoms with Gasteiger partial charge in [-0.3, -0.25) is 4.79 Å². The lowest BCUT2D eigenvalue weighted by Crippen LogP contribution is -2.29. The molecule has 1 aromatic heterocycles. The third-order valence-corrected chi connectivity index (χ3v) is 4.28. The van der Waals surface area contributed by atoms with Gasteiger partial charge in [-0.05, 0) is 57.4 Å². The number of carbonyl (C=O) groups excluding carboxylic acids is 1. The summed E-state index contributed by atoms with van der Waals surface area (Å²) in [5.74, 6) is 0. The van der Waals surface area contributed by atoms with E-state index in [1.165, 1.54) is 24.9 Å². The van der Waals surface area contributed by atoms with Crippen molar-refractivity contribution in [1.29, 1.82) is 0 Å². The molecule has 0 spiro atoms. The molecule has 21 heavy (non-hydrogen) atoms. The van der Waals surface area contributed by atoms with Crippen LogP contribution < -0.4 is 4.90 Å². The fourth-order valence-electron chi connectivity index (χ4n) is 3.03. The molecule has 0 N–H and O–H groups in total. The second kappa shape index (κ2) is 5.72. The molecule has 1 saturated heterocycles. The molecule has 3 rings (SSSR count). The Morgan fingerprint density at radius 2 is 1.62 bits per heavy atom. The van der Waals surface area contributed by atoms with Gasteiger partial charge in [0.25, 0.3) is 0 Å². The van der Waals surface area contributed by atoms with Crippen LogP contribution in [0.4, 0.5) is 5.69 Å². The monoisotopic (exact) mass is 283 g/mol. The van der Waals surface area contributed by atoms with Crippen molar-refractivity contribution in [2.24, 2.45) is 0 Å². The van der Waals surface area contributed by atoms with E-state index in [1.54, 1.807) is 0 Å². The van der Waals surface area contributed by atoms with E-state index in [0.717, 1.165) is 36.5 Å². The number of nitrogens with zero attached hydrogens (tertiary/aromatic N) is 3. The van der Waals surface area contributed by atoms with E-state index in [4.69, 9.17) is 0 Å². The highest BCUT2D eigenvalue weighted by Crippen LogP contribution is 2.22. The molecule has 4 heteroatoms. The van der Waals surface area contributed by atoms with Gasteiger partial charge in [0.2, 0.25) is 0 Å². The Morgan fingerprint density at radius 3 is 2.19 bits per heavy atom. The molecule has 1 aliphatic heterocycles. The van der Waals surface area contributed by atoms with Crippen LogP contribution in [0.15, 0.2) is 24.3 Å². The standard InChI is InChI=1S/C17H21N3O/c1-13-17(12-21)14(2)20(18-13)16-8-6-15(7-9-16)19-10-4-3-5-11-19/h6-9,12H,3-5,10-11H2,1-2H3. The minimum absolute atomic E-state index is 0.690. The predicted octanol–water partition coefficient (Wildman–Crippen LogP) is 3.29. The number of hydrogen-bond acceptors (Lipinski definition) is 3. The molecule has 110 valence electrons. The SMILES string of the molecule is Cc1nn(-c2ccc(N3CCCCC3)cc2)c(C)c1C=O. The molecule has 1 fully saturated rings. The maximum absolute atomic E-state index is 11.1. The second-order valence-electron chi connectivity index (χ2n) is 5.68. The van der Waals surface area contributed by atoms with Gasteiger partial charge < -0.3 is 4.90 Å². The van der Waals surface area contributed by atoms with Gasteiger partial charge in [-0.2, -0.15) is 5.10 Å². The topological polar surface area (TPSA) is 38.1 Å². The number of hydrogen-bond donors (Lipinski definition) is 0. The van der Waals surface area contributed by atoms with Crippen molar-refractivity contribution in [3.63, 3.8) is 0 Å². The highest BCUT2D eigenvalue weighted by atomic mass is 16.1. The van der Waals surface area contributed by atoms with E-state index in [9.17, 15) is 4.79 Å². The smallest absolute Gasteiger partial charge is 0.153 e. The zero-order chi connectivity index (χ0) is 14.8. The first-order valence-electron chi connectivity index (χ1n) is 7.57. The Bertz CT molecular complexity index is 637. The van der Waals surface area contributed by atoms with Crippen LogP contribution in [-0.2, 0) is 0 Å². The molecule has 0 radical (unpaired) electrons. The highest BCUT2D eigenvalue weighted by molar-refractivity contribution is 5.78. The Labute approximate surface area is 125 Å². The summed E-state index contributed by atoms with van der Waals surface area (Å²) in [5.41, 5.74) is 4.64. The number of benzene rings is 1. The predicted molar refractivity (Wildman–Crippen MR) is 84.5 cm³/mol. The van der Waals surface area contributed by atoms with Gasteiger partial charge in [0.15, 0.2) is 6.29 Å². The molecule has 0 aliphatic carbocycles. The molecule has 2 aromatic rings. The van der Waals surface area contributed by atoms with Crippen LogP contribution in [0.3, 0.4) is 0 Å². The van der Waals surface area contributed by atoms with Crippen LogP contribution in [0.2, 0.25) is 0 Å². The number of aldehydes is 1. The zero-order valence-corrected chi connectivity index (χ0v) is 12.7. The van der Waals surface area contributed by atoms with E-state index in [1.807, 2.05) is 18.5 Å². The highest BCUT2D eigenvalue weighted by Gasteiger charge is 2.13. The lowest BCUT2D eigenvalue weighted by Gasteiger charge is -2.28. The van der Waals surface area contributed by atoms with Crippen LogP contribution in [0.25, 0.3) is 5.69 Å². The third-order valence-electron chi connectivity index (χ3n) is 4.28. The van der Waals surface area contributed by atoms with E-state index in [0.29, 0.717) is 5.56 Å². The summed E-state index contributed by atoms with van der Waals surface area (Å²) >= 11 is 0. The molecule has 0 amide bonds. The normalized spacial score (nSPS) is 15.2. The van der Waals surface area contributed by atoms with Crippen molar-refractivity contribution in [2.75, 3.05) is 18.0 Å². The summed E-state index contributed by atoms with van der Waals surface area (Å²) in [5, 5.41) is 4.47. The average molecular weight is 283 g/mol. The van der Waals surface area contributed by atoms with Crippen molar-refractivity contribution < 1.29 is 4.79 Å². The number of aryl methyl sites for hydroxylation is 1. The molecule has 0 atom stereocenters. The van der Waals surface area contributed by atoms with Gasteiger partial charge in [-0.25, -0.2) is 4.68 Å². The van der Waals surface area contributed by atoms with Gasteiger partial charge in [-0.15, -0.1) is 0 Å². The maximum Gasteiger partial charge on any atom is 0.153 e. The van der Waals surface area contributed by atoms with Crippen LogP contribution in [0, 0.1) is 13.8 Å². The van der Waals surface area contributed by atoms with Crippen molar-refractivity contribution >= 4 is 12.0 Å². The Kier molecular flexibility index (Phi) is 3.78. The molecule has 2 heterocycles. The molecular formula is C17H21N3O. The maximum atomic E-state index is 11.1. The number of piperidine rings is 1. The number of anilines is 1. The van der Waals surface area contributed by atoms with E-state index in [-0.39, 0.29) is 0 Å². The minimum Gasteiger partial charge on any atom is -0.372 e. The Balaban J connectivity index is 1.88. The second-order valence-corrected chi connectivity index (χ2v) is 5.68. The summed E-state index contributed by atoms with van der Waals surface area (Å²) < 4.78 is 1.85. The summed E-state index contributed by atoms with van der Waals surface area (Å²) in [6, 6.07) is 8.46. The first-order valence-corrected chi connectivity index (χ1v) is 7.57. The summed E-state index contributed by atoms with van der Waals surface area (Å²) in [4.78, 5) is 13.5. The quantitative estimate of drug-likeness (QED) is 0.811. The van der Waals surface area contributed by atoms with Gasteiger partial charge in [0.1, 0.15) is 0 Å². The van der Waals surface area contributed by atoms with E-state index < -0.39 is 0 Å². The van der Waals surface area contributed by atoms with Crippen molar-refractivity contribution in [3.05, 3.63) is 41.2 Å². The Hall–Kier alpha value is -2.10. The van der Waals surface area contributed by atoms with Crippen molar-refractivity contribution in [3.8, 4) is 5.69 Å². The molecular weight excluding hydrogens is 262 g/mol. The molecule has 0 bridgehead atoms. The van der Waals surface area contributed by atoms with Crippen LogP contribution in [-0.4, -0.2) is 29.2 Å². The molecule has 1 aliphatic rings. The van der Waals surface area contributed by atoms with Gasteiger partial charge in [0, 0.05) is 18.8 Å². The largest absolute Gasteiger partial charge is 0.372 e. The summed E-state index contributed by atoms with van der Waals surface area (Å²) in [6.45, 7) is 6.10. The molecule has 1 aromatic carbocycles. The summed E-state index contributed by atoms with van der Waals surface area (Å²) in [6.07, 6.45) is 4.79. The van der Waals surface area contributed by atoms with Crippen molar-refractivity contribution in [2.45, 2.75) is 33.1 Å². The first-order chi connectivity index (χ1) is 10.2. The molecule has 0 saturated carbocycles. The van der Waals surface area contributed by atoms with Crippen LogP contribution in [0.1, 0.15) is 41.0 Å². The van der Waals surface area contributed by atoms with Gasteiger partial charge in [0.05, 0.1) is 22.6 Å². The Morgan fingerprint density at radius 1 is 1.00 bits per heavy atom. The number of carbonyl (C=O) groups is 1. The van der Waals surface area contributed by atoms with Crippen LogP contribution in [0.5, 0.6) is 0 Å². The molecule has 4 nitrogen and oxygen atoms in total. The average Bonchev–Trinajstić information content (AvgIpc) is 2.82. The number of rotatable bonds is 3. The van der Waals surface area contributed by atoms with E-state index >= 15 is 0 Å². The van der Waals surface area contributed by atoms with Crippen LogP contribution >= 0.6 is 0 Å². The summed E-state index contributed by atoms with van der Waals surface area (Å²) in [7, 11) is 0. The van der Waals surface area contributed by atoms with Gasteiger partial charge >= 0.3 is 0 Å². The van der Waals surface area contributed by atoms with Gasteiger partial charge in [-0.1, -0.05) is 0 Å². The lowest BCUT2D eigenvalue weighted by molar-refractivity contribution is 0.112. The minimum atomic E-state index is 0.690. The molecule has 0 unspecified atom stereocenters.